The normalized spacial score (nSPS) is 12.1. The van der Waals surface area contributed by atoms with Gasteiger partial charge in [-0.1, -0.05) is 31.5 Å². The van der Waals surface area contributed by atoms with Crippen molar-refractivity contribution in [2.45, 2.75) is 26.8 Å². The van der Waals surface area contributed by atoms with E-state index in [0.29, 0.717) is 16.8 Å². The molecule has 28 heavy (non-hydrogen) atoms. The predicted octanol–water partition coefficient (Wildman–Crippen LogP) is 4.67. The van der Waals surface area contributed by atoms with Gasteiger partial charge < -0.3 is 15.7 Å². The molecule has 3 N–H and O–H groups in total. The van der Waals surface area contributed by atoms with Gasteiger partial charge in [-0.05, 0) is 42.7 Å². The molecule has 0 aliphatic carbocycles. The minimum absolute atomic E-state index is 0.00330. The maximum atomic E-state index is 9.66. The standard InChI is InChI=1S/C21H24ClN5O/c1-13(2)19(12-28)26-21-25-18(15-6-8-23-9-7-15)11-20(27-21)24-17-10-16(22)5-4-14(17)3/h4-11,13,19,28H,12H2,1-3H3,(H2,24,25,26,27)/t19-/m1/s1. The van der Waals surface area contributed by atoms with Gasteiger partial charge >= 0.3 is 0 Å². The number of aliphatic hydroxyl groups is 1. The fourth-order valence-corrected chi connectivity index (χ4v) is 2.87. The summed E-state index contributed by atoms with van der Waals surface area (Å²) in [4.78, 5) is 13.3. The summed E-state index contributed by atoms with van der Waals surface area (Å²) in [5, 5.41) is 16.9. The average Bonchev–Trinajstić information content (AvgIpc) is 2.69. The van der Waals surface area contributed by atoms with Crippen LogP contribution in [0.2, 0.25) is 5.02 Å². The van der Waals surface area contributed by atoms with Crippen LogP contribution in [0.3, 0.4) is 0 Å². The van der Waals surface area contributed by atoms with E-state index in [1.165, 1.54) is 0 Å². The molecule has 146 valence electrons. The number of anilines is 3. The molecule has 6 nitrogen and oxygen atoms in total. The van der Waals surface area contributed by atoms with Gasteiger partial charge in [0.05, 0.1) is 18.3 Å². The van der Waals surface area contributed by atoms with Crippen LogP contribution in [0.15, 0.2) is 48.8 Å². The van der Waals surface area contributed by atoms with Gasteiger partial charge in [-0.3, -0.25) is 4.98 Å². The van der Waals surface area contributed by atoms with Crippen LogP contribution < -0.4 is 10.6 Å². The first kappa shape index (κ1) is 20.0. The molecule has 0 amide bonds. The van der Waals surface area contributed by atoms with Gasteiger partial charge in [0.25, 0.3) is 0 Å². The van der Waals surface area contributed by atoms with Gasteiger partial charge in [0, 0.05) is 34.7 Å². The largest absolute Gasteiger partial charge is 0.394 e. The number of benzene rings is 1. The summed E-state index contributed by atoms with van der Waals surface area (Å²) in [6.07, 6.45) is 3.45. The van der Waals surface area contributed by atoms with Crippen molar-refractivity contribution >= 4 is 29.1 Å². The summed E-state index contributed by atoms with van der Waals surface area (Å²) in [5.41, 5.74) is 3.61. The zero-order valence-corrected chi connectivity index (χ0v) is 16.9. The molecule has 0 saturated heterocycles. The highest BCUT2D eigenvalue weighted by Crippen LogP contribution is 2.27. The van der Waals surface area contributed by atoms with Crippen molar-refractivity contribution in [3.63, 3.8) is 0 Å². The van der Waals surface area contributed by atoms with E-state index in [0.717, 1.165) is 22.5 Å². The van der Waals surface area contributed by atoms with Crippen LogP contribution in [0.5, 0.6) is 0 Å². The molecule has 0 spiro atoms. The smallest absolute Gasteiger partial charge is 0.225 e. The molecule has 1 aromatic carbocycles. The highest BCUT2D eigenvalue weighted by Gasteiger charge is 2.15. The predicted molar refractivity (Wildman–Crippen MR) is 114 cm³/mol. The molecule has 3 aromatic rings. The molecule has 0 saturated carbocycles. The number of nitrogens with one attached hydrogen (secondary N) is 2. The van der Waals surface area contributed by atoms with E-state index < -0.39 is 0 Å². The van der Waals surface area contributed by atoms with E-state index in [1.54, 1.807) is 12.4 Å². The Morgan fingerprint density at radius 1 is 1.07 bits per heavy atom. The fraction of sp³-hybridized carbons (Fsp3) is 0.286. The lowest BCUT2D eigenvalue weighted by Gasteiger charge is -2.21. The molecule has 2 heterocycles. The molecular formula is C21H24ClN5O. The number of aromatic nitrogens is 3. The molecule has 0 aliphatic heterocycles. The Bertz CT molecular complexity index is 933. The quantitative estimate of drug-likeness (QED) is 0.537. The molecule has 0 bridgehead atoms. The van der Waals surface area contributed by atoms with Crippen LogP contribution in [-0.4, -0.2) is 32.7 Å². The van der Waals surface area contributed by atoms with Crippen LogP contribution in [0.25, 0.3) is 11.3 Å². The van der Waals surface area contributed by atoms with Crippen molar-refractivity contribution in [3.8, 4) is 11.3 Å². The molecule has 0 unspecified atom stereocenters. The van der Waals surface area contributed by atoms with E-state index in [1.807, 2.05) is 57.2 Å². The number of hydrogen-bond donors (Lipinski definition) is 3. The molecule has 0 radical (unpaired) electrons. The Labute approximate surface area is 170 Å². The van der Waals surface area contributed by atoms with Gasteiger partial charge in [-0.15, -0.1) is 0 Å². The minimum Gasteiger partial charge on any atom is -0.394 e. The first-order valence-electron chi connectivity index (χ1n) is 9.16. The Hall–Kier alpha value is -2.70. The number of aryl methyl sites for hydroxylation is 1. The highest BCUT2D eigenvalue weighted by molar-refractivity contribution is 6.30. The number of rotatable bonds is 7. The maximum absolute atomic E-state index is 9.66. The van der Waals surface area contributed by atoms with E-state index in [2.05, 4.69) is 25.6 Å². The summed E-state index contributed by atoms with van der Waals surface area (Å²) in [7, 11) is 0. The molecule has 2 aromatic heterocycles. The van der Waals surface area contributed by atoms with Gasteiger partial charge in [0.2, 0.25) is 5.95 Å². The fourth-order valence-electron chi connectivity index (χ4n) is 2.70. The van der Waals surface area contributed by atoms with E-state index in [-0.39, 0.29) is 18.6 Å². The highest BCUT2D eigenvalue weighted by atomic mass is 35.5. The zero-order valence-electron chi connectivity index (χ0n) is 16.1. The molecule has 0 fully saturated rings. The first-order valence-corrected chi connectivity index (χ1v) is 9.54. The lowest BCUT2D eigenvalue weighted by Crippen LogP contribution is -2.30. The Balaban J connectivity index is 2.00. The van der Waals surface area contributed by atoms with Crippen LogP contribution in [0.4, 0.5) is 17.5 Å². The van der Waals surface area contributed by atoms with Crippen molar-refractivity contribution in [2.24, 2.45) is 5.92 Å². The number of hydrogen-bond acceptors (Lipinski definition) is 6. The maximum Gasteiger partial charge on any atom is 0.225 e. The van der Waals surface area contributed by atoms with Crippen molar-refractivity contribution in [2.75, 3.05) is 17.2 Å². The Kier molecular flexibility index (Phi) is 6.44. The second-order valence-electron chi connectivity index (χ2n) is 6.96. The Morgan fingerprint density at radius 2 is 1.82 bits per heavy atom. The summed E-state index contributed by atoms with van der Waals surface area (Å²) in [6.45, 7) is 6.07. The van der Waals surface area contributed by atoms with E-state index in [9.17, 15) is 5.11 Å². The van der Waals surface area contributed by atoms with Gasteiger partial charge in [0.1, 0.15) is 5.82 Å². The van der Waals surface area contributed by atoms with Crippen LogP contribution in [0.1, 0.15) is 19.4 Å². The molecule has 7 heteroatoms. The van der Waals surface area contributed by atoms with E-state index in [4.69, 9.17) is 11.6 Å². The zero-order chi connectivity index (χ0) is 20.1. The molecule has 0 aliphatic rings. The van der Waals surface area contributed by atoms with Crippen LogP contribution >= 0.6 is 11.6 Å². The number of nitrogens with zero attached hydrogens (tertiary/aromatic N) is 3. The lowest BCUT2D eigenvalue weighted by molar-refractivity contribution is 0.248. The number of pyridine rings is 1. The molecule has 3 rings (SSSR count). The SMILES string of the molecule is Cc1ccc(Cl)cc1Nc1cc(-c2ccncc2)nc(N[C@H](CO)C(C)C)n1. The lowest BCUT2D eigenvalue weighted by atomic mass is 10.1. The second-order valence-corrected chi connectivity index (χ2v) is 7.40. The van der Waals surface area contributed by atoms with Crippen molar-refractivity contribution in [1.82, 2.24) is 15.0 Å². The van der Waals surface area contributed by atoms with Crippen molar-refractivity contribution < 1.29 is 5.11 Å². The minimum atomic E-state index is -0.145. The summed E-state index contributed by atoms with van der Waals surface area (Å²) in [5.74, 6) is 1.31. The van der Waals surface area contributed by atoms with Gasteiger partial charge in [-0.2, -0.15) is 4.98 Å². The number of aliphatic hydroxyl groups excluding tert-OH is 1. The topological polar surface area (TPSA) is 83.0 Å². The second kappa shape index (κ2) is 8.99. The average molecular weight is 398 g/mol. The summed E-state index contributed by atoms with van der Waals surface area (Å²) >= 11 is 6.14. The number of halogens is 1. The van der Waals surface area contributed by atoms with Crippen molar-refractivity contribution in [3.05, 3.63) is 59.4 Å². The molecular weight excluding hydrogens is 374 g/mol. The third-order valence-electron chi connectivity index (χ3n) is 4.48. The third-order valence-corrected chi connectivity index (χ3v) is 4.72. The van der Waals surface area contributed by atoms with E-state index >= 15 is 0 Å². The summed E-state index contributed by atoms with van der Waals surface area (Å²) in [6, 6.07) is 11.2. The third kappa shape index (κ3) is 4.97. The van der Waals surface area contributed by atoms with Crippen LogP contribution in [-0.2, 0) is 0 Å². The summed E-state index contributed by atoms with van der Waals surface area (Å²) < 4.78 is 0. The molecule has 1 atom stereocenters. The monoisotopic (exact) mass is 397 g/mol. The van der Waals surface area contributed by atoms with Crippen molar-refractivity contribution in [1.29, 1.82) is 0 Å². The first-order chi connectivity index (χ1) is 13.5. The van der Waals surface area contributed by atoms with Gasteiger partial charge in [-0.25, -0.2) is 4.98 Å². The van der Waals surface area contributed by atoms with Gasteiger partial charge in [0.15, 0.2) is 0 Å². The Morgan fingerprint density at radius 3 is 2.50 bits per heavy atom. The van der Waals surface area contributed by atoms with Crippen LogP contribution in [0, 0.1) is 12.8 Å².